The fourth-order valence-electron chi connectivity index (χ4n) is 2.37. The summed E-state index contributed by atoms with van der Waals surface area (Å²) in [4.78, 5) is 16.3. The molecule has 128 valence electrons. The van der Waals surface area contributed by atoms with Gasteiger partial charge in [0.25, 0.3) is 5.91 Å². The van der Waals surface area contributed by atoms with Crippen molar-refractivity contribution in [3.05, 3.63) is 77.6 Å². The molecular weight excluding hydrogens is 323 g/mol. The molecule has 3 aromatic rings. The molecule has 0 fully saturated rings. The monoisotopic (exact) mass is 340 g/mol. The molecule has 0 aliphatic carbocycles. The van der Waals surface area contributed by atoms with Crippen molar-refractivity contribution in [2.75, 3.05) is 6.54 Å². The summed E-state index contributed by atoms with van der Waals surface area (Å²) in [6.07, 6.45) is -0.814. The van der Waals surface area contributed by atoms with E-state index < -0.39 is 12.0 Å². The van der Waals surface area contributed by atoms with E-state index in [0.29, 0.717) is 17.1 Å². The minimum atomic E-state index is -0.814. The molecule has 0 radical (unpaired) electrons. The Balaban J connectivity index is 1.69. The lowest BCUT2D eigenvalue weighted by Gasteiger charge is -2.11. The predicted octanol–water partition coefficient (Wildman–Crippen LogP) is 2.18. The average molecular weight is 340 g/mol. The van der Waals surface area contributed by atoms with Crippen molar-refractivity contribution in [1.82, 2.24) is 20.1 Å². The molecule has 1 aromatic heterocycles. The van der Waals surface area contributed by atoms with Crippen molar-refractivity contribution in [3.63, 3.8) is 0 Å². The number of nitrogens with zero attached hydrogens (tertiary/aromatic N) is 3. The summed E-state index contributed by atoms with van der Waals surface area (Å²) in [6, 6.07) is 14.8. The molecule has 0 saturated heterocycles. The lowest BCUT2D eigenvalue weighted by Crippen LogP contribution is -2.29. The molecule has 0 unspecified atom stereocenters. The fourth-order valence-corrected chi connectivity index (χ4v) is 2.37. The van der Waals surface area contributed by atoms with Crippen molar-refractivity contribution in [3.8, 4) is 5.69 Å². The highest BCUT2D eigenvalue weighted by atomic mass is 19.1. The zero-order valence-corrected chi connectivity index (χ0v) is 13.6. The van der Waals surface area contributed by atoms with E-state index in [9.17, 15) is 14.3 Å². The van der Waals surface area contributed by atoms with Gasteiger partial charge in [0, 0.05) is 6.54 Å². The third kappa shape index (κ3) is 3.89. The number of hydrogen-bond acceptors (Lipinski definition) is 4. The van der Waals surface area contributed by atoms with Gasteiger partial charge in [0.15, 0.2) is 0 Å². The molecule has 3 rings (SSSR count). The molecular formula is C18H17FN4O2. The Morgan fingerprint density at radius 3 is 2.56 bits per heavy atom. The number of aliphatic hydroxyl groups excluding tert-OH is 1. The first-order chi connectivity index (χ1) is 12.0. The zero-order chi connectivity index (χ0) is 17.8. The van der Waals surface area contributed by atoms with Gasteiger partial charge in [-0.3, -0.25) is 4.79 Å². The third-order valence-corrected chi connectivity index (χ3v) is 3.68. The van der Waals surface area contributed by atoms with Gasteiger partial charge < -0.3 is 10.4 Å². The molecule has 0 bridgehead atoms. The molecule has 25 heavy (non-hydrogen) atoms. The quantitative estimate of drug-likeness (QED) is 0.746. The first-order valence-corrected chi connectivity index (χ1v) is 7.75. The number of aryl methyl sites for hydroxylation is 1. The number of aromatic nitrogens is 3. The lowest BCUT2D eigenvalue weighted by molar-refractivity contribution is 0.0906. The van der Waals surface area contributed by atoms with Gasteiger partial charge in [-0.05, 0) is 36.8 Å². The third-order valence-electron chi connectivity index (χ3n) is 3.68. The van der Waals surface area contributed by atoms with Crippen LogP contribution in [0.5, 0.6) is 0 Å². The van der Waals surface area contributed by atoms with Crippen LogP contribution in [0, 0.1) is 12.7 Å². The summed E-state index contributed by atoms with van der Waals surface area (Å²) in [5.41, 5.74) is 1.32. The molecule has 1 atom stereocenters. The highest BCUT2D eigenvalue weighted by Crippen LogP contribution is 2.12. The van der Waals surface area contributed by atoms with E-state index in [1.54, 1.807) is 31.2 Å². The van der Waals surface area contributed by atoms with E-state index in [-0.39, 0.29) is 18.2 Å². The Hall–Kier alpha value is -3.06. The largest absolute Gasteiger partial charge is 0.387 e. The molecule has 2 aromatic carbocycles. The number of aliphatic hydroxyl groups is 1. The summed E-state index contributed by atoms with van der Waals surface area (Å²) in [5, 5.41) is 16.8. The van der Waals surface area contributed by atoms with Gasteiger partial charge in [-0.1, -0.05) is 30.3 Å². The van der Waals surface area contributed by atoms with Crippen LogP contribution in [0.2, 0.25) is 0 Å². The van der Waals surface area contributed by atoms with Gasteiger partial charge in [0.1, 0.15) is 11.6 Å². The van der Waals surface area contributed by atoms with Crippen molar-refractivity contribution in [2.45, 2.75) is 13.0 Å². The van der Waals surface area contributed by atoms with Crippen LogP contribution in [0.1, 0.15) is 28.1 Å². The van der Waals surface area contributed by atoms with Crippen LogP contribution in [-0.4, -0.2) is 32.3 Å². The standard InChI is InChI=1S/C18H17FN4O2/c1-12-21-17(22-23(12)15-9-7-14(19)8-10-15)18(25)20-11-16(24)13-5-3-2-4-6-13/h2-10,16,24H,11H2,1H3,(H,20,25)/t16-/m1/s1. The van der Waals surface area contributed by atoms with E-state index in [1.165, 1.54) is 16.8 Å². The van der Waals surface area contributed by atoms with Crippen LogP contribution in [0.3, 0.4) is 0 Å². The normalized spacial score (nSPS) is 12.0. The Kier molecular flexibility index (Phi) is 4.85. The van der Waals surface area contributed by atoms with Crippen LogP contribution < -0.4 is 5.32 Å². The predicted molar refractivity (Wildman–Crippen MR) is 89.8 cm³/mol. The number of hydrogen-bond donors (Lipinski definition) is 2. The summed E-state index contributed by atoms with van der Waals surface area (Å²) >= 11 is 0. The van der Waals surface area contributed by atoms with Crippen molar-refractivity contribution in [2.24, 2.45) is 0 Å². The van der Waals surface area contributed by atoms with Crippen molar-refractivity contribution >= 4 is 5.91 Å². The lowest BCUT2D eigenvalue weighted by atomic mass is 10.1. The minimum Gasteiger partial charge on any atom is -0.387 e. The second kappa shape index (κ2) is 7.23. The highest BCUT2D eigenvalue weighted by Gasteiger charge is 2.16. The number of rotatable bonds is 5. The van der Waals surface area contributed by atoms with Gasteiger partial charge in [-0.15, -0.1) is 5.10 Å². The molecule has 6 nitrogen and oxygen atoms in total. The Bertz CT molecular complexity index is 863. The maximum atomic E-state index is 13.0. The number of nitrogens with one attached hydrogen (secondary N) is 1. The Morgan fingerprint density at radius 2 is 1.88 bits per heavy atom. The molecule has 0 aliphatic rings. The van der Waals surface area contributed by atoms with Crippen molar-refractivity contribution in [1.29, 1.82) is 0 Å². The summed E-state index contributed by atoms with van der Waals surface area (Å²) < 4.78 is 14.5. The van der Waals surface area contributed by atoms with Gasteiger partial charge in [0.2, 0.25) is 5.82 Å². The SMILES string of the molecule is Cc1nc(C(=O)NC[C@@H](O)c2ccccc2)nn1-c1ccc(F)cc1. The van der Waals surface area contributed by atoms with Gasteiger partial charge >= 0.3 is 0 Å². The highest BCUT2D eigenvalue weighted by molar-refractivity contribution is 5.90. The van der Waals surface area contributed by atoms with Crippen LogP contribution in [0.4, 0.5) is 4.39 Å². The second-order valence-electron chi connectivity index (χ2n) is 5.51. The Morgan fingerprint density at radius 1 is 1.20 bits per heavy atom. The summed E-state index contributed by atoms with van der Waals surface area (Å²) in [5.74, 6) is -0.351. The molecule has 2 N–H and O–H groups in total. The zero-order valence-electron chi connectivity index (χ0n) is 13.6. The molecule has 0 spiro atoms. The van der Waals surface area contributed by atoms with E-state index in [2.05, 4.69) is 15.4 Å². The van der Waals surface area contributed by atoms with E-state index >= 15 is 0 Å². The minimum absolute atomic E-state index is 0.0120. The van der Waals surface area contributed by atoms with Crippen molar-refractivity contribution < 1.29 is 14.3 Å². The molecule has 1 amide bonds. The number of carbonyl (C=O) groups excluding carboxylic acids is 1. The van der Waals surface area contributed by atoms with E-state index in [4.69, 9.17) is 0 Å². The number of benzene rings is 2. The molecule has 1 heterocycles. The number of halogens is 1. The Labute approximate surface area is 144 Å². The van der Waals surface area contributed by atoms with Crippen LogP contribution in [-0.2, 0) is 0 Å². The smallest absolute Gasteiger partial charge is 0.291 e. The molecule has 0 aliphatic heterocycles. The average Bonchev–Trinajstić information content (AvgIpc) is 3.02. The number of carbonyl (C=O) groups is 1. The maximum Gasteiger partial charge on any atom is 0.291 e. The van der Waals surface area contributed by atoms with Crippen LogP contribution in [0.15, 0.2) is 54.6 Å². The van der Waals surface area contributed by atoms with Gasteiger partial charge in [-0.25, -0.2) is 14.1 Å². The first kappa shape index (κ1) is 16.8. The first-order valence-electron chi connectivity index (χ1n) is 7.75. The van der Waals surface area contributed by atoms with Gasteiger partial charge in [-0.2, -0.15) is 0 Å². The maximum absolute atomic E-state index is 13.0. The summed E-state index contributed by atoms with van der Waals surface area (Å²) in [7, 11) is 0. The second-order valence-corrected chi connectivity index (χ2v) is 5.51. The van der Waals surface area contributed by atoms with Gasteiger partial charge in [0.05, 0.1) is 11.8 Å². The molecule has 7 heteroatoms. The van der Waals surface area contributed by atoms with Crippen LogP contribution >= 0.6 is 0 Å². The van der Waals surface area contributed by atoms with E-state index in [1.807, 2.05) is 18.2 Å². The molecule has 0 saturated carbocycles. The number of amides is 1. The van der Waals surface area contributed by atoms with E-state index in [0.717, 1.165) is 0 Å². The fraction of sp³-hybridized carbons (Fsp3) is 0.167. The van der Waals surface area contributed by atoms with Crippen LogP contribution in [0.25, 0.3) is 5.69 Å². The topological polar surface area (TPSA) is 80.0 Å². The summed E-state index contributed by atoms with van der Waals surface area (Å²) in [6.45, 7) is 1.75.